The van der Waals surface area contributed by atoms with Gasteiger partial charge in [-0.2, -0.15) is 0 Å². The molecule has 0 bridgehead atoms. The van der Waals surface area contributed by atoms with Gasteiger partial charge in [0.25, 0.3) is 0 Å². The second kappa shape index (κ2) is 6.03. The molecule has 1 unspecified atom stereocenters. The zero-order chi connectivity index (χ0) is 15.5. The Bertz CT molecular complexity index is 621. The van der Waals surface area contributed by atoms with E-state index in [1.165, 1.54) is 15.8 Å². The van der Waals surface area contributed by atoms with Crippen LogP contribution in [0, 0.1) is 6.92 Å². The van der Waals surface area contributed by atoms with Gasteiger partial charge in [0.05, 0.1) is 0 Å². The van der Waals surface area contributed by atoms with E-state index in [1.54, 1.807) is 6.92 Å². The molecule has 1 aromatic carbocycles. The molecule has 1 aromatic heterocycles. The third-order valence-electron chi connectivity index (χ3n) is 3.91. The third kappa shape index (κ3) is 3.09. The third-order valence-corrected chi connectivity index (χ3v) is 3.91. The molecule has 0 radical (unpaired) electrons. The summed E-state index contributed by atoms with van der Waals surface area (Å²) in [6.45, 7) is 5.50. The smallest absolute Gasteiger partial charge is 0.331 e. The number of nitrogens with zero attached hydrogens (tertiary/aromatic N) is 4. The molecule has 0 saturated carbocycles. The minimum Gasteiger partial charge on any atom is -0.479 e. The highest BCUT2D eigenvalue weighted by Gasteiger charge is 2.36. The minimum absolute atomic E-state index is 0.422. The van der Waals surface area contributed by atoms with Crippen LogP contribution in [0.15, 0.2) is 24.3 Å². The fourth-order valence-electron chi connectivity index (χ4n) is 2.15. The standard InChI is InChI=1S/C15H20N4O2/c1-4-15(3,14(20)21)19-13(16-17-18-19)10-9-12-7-5-11(2)6-8-12/h5-8H,4,9-10H2,1-3H3,(H,20,21). The summed E-state index contributed by atoms with van der Waals surface area (Å²) >= 11 is 0. The number of aryl methyl sites for hydroxylation is 3. The highest BCUT2D eigenvalue weighted by molar-refractivity contribution is 5.76. The maximum absolute atomic E-state index is 11.5. The second-order valence-corrected chi connectivity index (χ2v) is 5.43. The normalized spacial score (nSPS) is 13.9. The Kier molecular flexibility index (Phi) is 4.35. The van der Waals surface area contributed by atoms with Crippen LogP contribution in [-0.2, 0) is 23.2 Å². The summed E-state index contributed by atoms with van der Waals surface area (Å²) in [4.78, 5) is 11.5. The van der Waals surface area contributed by atoms with E-state index in [1.807, 2.05) is 13.8 Å². The lowest BCUT2D eigenvalue weighted by Gasteiger charge is -2.23. The van der Waals surface area contributed by atoms with Crippen molar-refractivity contribution in [2.75, 3.05) is 0 Å². The lowest BCUT2D eigenvalue weighted by atomic mass is 9.99. The van der Waals surface area contributed by atoms with Gasteiger partial charge in [-0.1, -0.05) is 36.8 Å². The van der Waals surface area contributed by atoms with Gasteiger partial charge in [0.2, 0.25) is 0 Å². The Labute approximate surface area is 123 Å². The molecule has 0 aliphatic heterocycles. The number of aliphatic carboxylic acids is 1. The van der Waals surface area contributed by atoms with Gasteiger partial charge < -0.3 is 5.11 Å². The number of hydrogen-bond donors (Lipinski definition) is 1. The van der Waals surface area contributed by atoms with Gasteiger partial charge in [0.1, 0.15) is 0 Å². The van der Waals surface area contributed by atoms with Gasteiger partial charge in [-0.3, -0.25) is 0 Å². The van der Waals surface area contributed by atoms with Crippen molar-refractivity contribution in [2.45, 2.75) is 45.6 Å². The molecule has 2 aromatic rings. The number of carbonyl (C=O) groups is 1. The molecule has 1 N–H and O–H groups in total. The molecule has 0 aliphatic rings. The Morgan fingerprint density at radius 3 is 2.52 bits per heavy atom. The summed E-state index contributed by atoms with van der Waals surface area (Å²) in [5.74, 6) is -0.323. The van der Waals surface area contributed by atoms with Gasteiger partial charge in [0, 0.05) is 6.42 Å². The average Bonchev–Trinajstić information content (AvgIpc) is 2.94. The molecule has 112 valence electrons. The number of aromatic nitrogens is 4. The van der Waals surface area contributed by atoms with E-state index in [0.717, 1.165) is 6.42 Å². The van der Waals surface area contributed by atoms with Gasteiger partial charge >= 0.3 is 5.97 Å². The maximum atomic E-state index is 11.5. The first-order chi connectivity index (χ1) is 9.97. The number of carboxylic acid groups (broad SMARTS) is 1. The Morgan fingerprint density at radius 2 is 1.95 bits per heavy atom. The molecule has 0 aliphatic carbocycles. The van der Waals surface area contributed by atoms with Crippen LogP contribution in [0.5, 0.6) is 0 Å². The number of carboxylic acids is 1. The lowest BCUT2D eigenvalue weighted by Crippen LogP contribution is -2.40. The minimum atomic E-state index is -1.11. The van der Waals surface area contributed by atoms with Crippen molar-refractivity contribution in [3.05, 3.63) is 41.2 Å². The van der Waals surface area contributed by atoms with E-state index in [-0.39, 0.29) is 0 Å². The van der Waals surface area contributed by atoms with Crippen molar-refractivity contribution >= 4 is 5.97 Å². The zero-order valence-corrected chi connectivity index (χ0v) is 12.6. The van der Waals surface area contributed by atoms with Crippen LogP contribution in [0.1, 0.15) is 37.2 Å². The quantitative estimate of drug-likeness (QED) is 0.879. The van der Waals surface area contributed by atoms with Crippen LogP contribution >= 0.6 is 0 Å². The fourth-order valence-corrected chi connectivity index (χ4v) is 2.15. The molecule has 21 heavy (non-hydrogen) atoms. The summed E-state index contributed by atoms with van der Waals surface area (Å²) in [6, 6.07) is 8.26. The molecule has 6 nitrogen and oxygen atoms in total. The molecule has 1 heterocycles. The molecule has 0 spiro atoms. The van der Waals surface area contributed by atoms with Gasteiger partial charge in [-0.25, -0.2) is 9.48 Å². The SMILES string of the molecule is CCC(C)(C(=O)O)n1nnnc1CCc1ccc(C)cc1. The highest BCUT2D eigenvalue weighted by atomic mass is 16.4. The van der Waals surface area contributed by atoms with Crippen LogP contribution in [-0.4, -0.2) is 31.3 Å². The first-order valence-corrected chi connectivity index (χ1v) is 7.04. The lowest BCUT2D eigenvalue weighted by molar-refractivity contribution is -0.147. The molecule has 6 heteroatoms. The topological polar surface area (TPSA) is 80.9 Å². The van der Waals surface area contributed by atoms with Crippen LogP contribution in [0.2, 0.25) is 0 Å². The highest BCUT2D eigenvalue weighted by Crippen LogP contribution is 2.21. The number of rotatable bonds is 6. The Morgan fingerprint density at radius 1 is 1.29 bits per heavy atom. The average molecular weight is 288 g/mol. The van der Waals surface area contributed by atoms with Crippen LogP contribution < -0.4 is 0 Å². The zero-order valence-electron chi connectivity index (χ0n) is 12.6. The van der Waals surface area contributed by atoms with E-state index in [2.05, 4.69) is 39.8 Å². The van der Waals surface area contributed by atoms with Gasteiger partial charge in [-0.05, 0) is 42.7 Å². The number of hydrogen-bond acceptors (Lipinski definition) is 4. The Hall–Kier alpha value is -2.24. The van der Waals surface area contributed by atoms with E-state index < -0.39 is 11.5 Å². The largest absolute Gasteiger partial charge is 0.479 e. The first kappa shape index (κ1) is 15.2. The van der Waals surface area contributed by atoms with Gasteiger partial charge in [0.15, 0.2) is 11.4 Å². The van der Waals surface area contributed by atoms with Gasteiger partial charge in [-0.15, -0.1) is 5.10 Å². The van der Waals surface area contributed by atoms with Crippen molar-refractivity contribution in [1.29, 1.82) is 0 Å². The maximum Gasteiger partial charge on any atom is 0.331 e. The summed E-state index contributed by atoms with van der Waals surface area (Å²) in [5, 5.41) is 20.9. The van der Waals surface area contributed by atoms with E-state index in [0.29, 0.717) is 18.7 Å². The molecular weight excluding hydrogens is 268 g/mol. The van der Waals surface area contributed by atoms with E-state index in [4.69, 9.17) is 0 Å². The summed E-state index contributed by atoms with van der Waals surface area (Å²) < 4.78 is 1.43. The number of benzene rings is 1. The monoisotopic (exact) mass is 288 g/mol. The molecule has 1 atom stereocenters. The molecular formula is C15H20N4O2. The molecule has 0 amide bonds. The second-order valence-electron chi connectivity index (χ2n) is 5.43. The van der Waals surface area contributed by atoms with Crippen molar-refractivity contribution in [1.82, 2.24) is 20.2 Å². The fraction of sp³-hybridized carbons (Fsp3) is 0.467. The summed E-state index contributed by atoms with van der Waals surface area (Å²) in [7, 11) is 0. The van der Waals surface area contributed by atoms with Crippen LogP contribution in [0.25, 0.3) is 0 Å². The number of tetrazole rings is 1. The van der Waals surface area contributed by atoms with Crippen molar-refractivity contribution < 1.29 is 9.90 Å². The van der Waals surface area contributed by atoms with E-state index in [9.17, 15) is 9.90 Å². The van der Waals surface area contributed by atoms with Crippen molar-refractivity contribution in [3.8, 4) is 0 Å². The summed E-state index contributed by atoms with van der Waals surface area (Å²) in [6.07, 6.45) is 1.81. The predicted octanol–water partition coefficient (Wildman–Crippen LogP) is 1.98. The Balaban J connectivity index is 2.17. The molecule has 0 fully saturated rings. The predicted molar refractivity (Wildman–Crippen MR) is 78.0 cm³/mol. The van der Waals surface area contributed by atoms with Crippen LogP contribution in [0.3, 0.4) is 0 Å². The van der Waals surface area contributed by atoms with Crippen molar-refractivity contribution in [3.63, 3.8) is 0 Å². The first-order valence-electron chi connectivity index (χ1n) is 7.04. The van der Waals surface area contributed by atoms with E-state index >= 15 is 0 Å². The van der Waals surface area contributed by atoms with Crippen molar-refractivity contribution in [2.24, 2.45) is 0 Å². The molecule has 0 saturated heterocycles. The molecule has 2 rings (SSSR count). The summed E-state index contributed by atoms with van der Waals surface area (Å²) in [5.41, 5.74) is 1.29. The van der Waals surface area contributed by atoms with Crippen LogP contribution in [0.4, 0.5) is 0 Å².